The number of nitrogens with zero attached hydrogens (tertiary/aromatic N) is 2. The van der Waals surface area contributed by atoms with Crippen LogP contribution in [-0.4, -0.2) is 23.2 Å². The number of thioether (sulfide) groups is 1. The predicted octanol–water partition coefficient (Wildman–Crippen LogP) is 3.44. The van der Waals surface area contributed by atoms with Gasteiger partial charge in [0.15, 0.2) is 4.32 Å². The summed E-state index contributed by atoms with van der Waals surface area (Å²) in [6.45, 7) is 0. The van der Waals surface area contributed by atoms with E-state index < -0.39 is 0 Å². The molecule has 0 aliphatic carbocycles. The molecule has 0 N–H and O–H groups in total. The second kappa shape index (κ2) is 5.58. The highest BCUT2D eigenvalue weighted by atomic mass is 32.2. The van der Waals surface area contributed by atoms with E-state index in [0.29, 0.717) is 20.5 Å². The fourth-order valence-corrected chi connectivity index (χ4v) is 4.28. The van der Waals surface area contributed by atoms with Gasteiger partial charge < -0.3 is 4.90 Å². The third-order valence-corrected chi connectivity index (χ3v) is 5.44. The number of anilines is 2. The molecule has 6 heteroatoms. The maximum atomic E-state index is 13.0. The number of rotatable bonds is 1. The molecule has 4 nitrogen and oxygen atoms in total. The molecule has 24 heavy (non-hydrogen) atoms. The highest BCUT2D eigenvalue weighted by Gasteiger charge is 2.41. The van der Waals surface area contributed by atoms with E-state index in [1.807, 2.05) is 54.6 Å². The molecule has 4 rings (SSSR count). The zero-order valence-electron chi connectivity index (χ0n) is 12.7. The van der Waals surface area contributed by atoms with Gasteiger partial charge in [-0.2, -0.15) is 0 Å². The van der Waals surface area contributed by atoms with Crippen molar-refractivity contribution in [3.63, 3.8) is 0 Å². The van der Waals surface area contributed by atoms with E-state index in [1.54, 1.807) is 11.9 Å². The lowest BCUT2D eigenvalue weighted by atomic mass is 10.1. The molecule has 2 aromatic carbocycles. The van der Waals surface area contributed by atoms with Crippen LogP contribution in [-0.2, 0) is 9.59 Å². The molecule has 0 saturated carbocycles. The number of carbonyl (C=O) groups excluding carboxylic acids is 2. The fraction of sp³-hybridized carbons (Fsp3) is 0.0556. The van der Waals surface area contributed by atoms with E-state index in [2.05, 4.69) is 0 Å². The number of para-hydroxylation sites is 2. The van der Waals surface area contributed by atoms with Gasteiger partial charge >= 0.3 is 0 Å². The van der Waals surface area contributed by atoms with Gasteiger partial charge in [0.2, 0.25) is 0 Å². The monoisotopic (exact) mass is 352 g/mol. The van der Waals surface area contributed by atoms with Crippen LogP contribution in [0.15, 0.2) is 59.5 Å². The van der Waals surface area contributed by atoms with Crippen LogP contribution in [0.3, 0.4) is 0 Å². The van der Waals surface area contributed by atoms with Gasteiger partial charge in [-0.25, -0.2) is 0 Å². The summed E-state index contributed by atoms with van der Waals surface area (Å²) in [6.07, 6.45) is 0. The standard InChI is InChI=1S/C18H12N2O2S2/c1-19-13-10-6-5-9-12(13)14(16(19)21)15-17(22)20(18(23)24-15)11-7-3-2-4-8-11/h2-10H,1H3/b15-14-. The van der Waals surface area contributed by atoms with E-state index in [9.17, 15) is 9.59 Å². The lowest BCUT2D eigenvalue weighted by molar-refractivity contribution is -0.115. The minimum atomic E-state index is -0.246. The second-order valence-electron chi connectivity index (χ2n) is 5.43. The maximum absolute atomic E-state index is 13.0. The Morgan fingerprint density at radius 1 is 0.917 bits per heavy atom. The molecule has 0 unspecified atom stereocenters. The highest BCUT2D eigenvalue weighted by Crippen LogP contribution is 2.44. The number of hydrogen-bond acceptors (Lipinski definition) is 4. The van der Waals surface area contributed by atoms with Crippen LogP contribution >= 0.6 is 24.0 Å². The van der Waals surface area contributed by atoms with Crippen molar-refractivity contribution in [1.82, 2.24) is 0 Å². The Bertz CT molecular complexity index is 922. The molecule has 0 spiro atoms. The molecule has 0 radical (unpaired) electrons. The van der Waals surface area contributed by atoms with E-state index in [-0.39, 0.29) is 11.8 Å². The third-order valence-electron chi connectivity index (χ3n) is 4.06. The average Bonchev–Trinajstić information content (AvgIpc) is 3.03. The Hall–Kier alpha value is -2.44. The second-order valence-corrected chi connectivity index (χ2v) is 7.07. The molecule has 2 aromatic rings. The summed E-state index contributed by atoms with van der Waals surface area (Å²) in [6, 6.07) is 16.7. The highest BCUT2D eigenvalue weighted by molar-refractivity contribution is 8.27. The first-order valence-electron chi connectivity index (χ1n) is 7.32. The Morgan fingerprint density at radius 3 is 2.33 bits per heavy atom. The van der Waals surface area contributed by atoms with Crippen molar-refractivity contribution in [2.45, 2.75) is 0 Å². The number of carbonyl (C=O) groups is 2. The number of hydrogen-bond donors (Lipinski definition) is 0. The average molecular weight is 352 g/mol. The smallest absolute Gasteiger partial charge is 0.271 e. The number of likely N-dealkylation sites (N-methyl/N-ethyl adjacent to an activating group) is 1. The van der Waals surface area contributed by atoms with E-state index in [1.165, 1.54) is 16.7 Å². The first kappa shape index (κ1) is 15.1. The molecular formula is C18H12N2O2S2. The Morgan fingerprint density at radius 2 is 1.58 bits per heavy atom. The van der Waals surface area contributed by atoms with Crippen molar-refractivity contribution in [2.24, 2.45) is 0 Å². The third kappa shape index (κ3) is 2.11. The van der Waals surface area contributed by atoms with Gasteiger partial charge in [0.05, 0.1) is 21.9 Å². The van der Waals surface area contributed by atoms with Crippen molar-refractivity contribution in [2.75, 3.05) is 16.8 Å². The molecular weight excluding hydrogens is 340 g/mol. The number of thiocarbonyl (C=S) groups is 1. The lowest BCUT2D eigenvalue weighted by Gasteiger charge is -2.14. The summed E-state index contributed by atoms with van der Waals surface area (Å²) in [7, 11) is 1.71. The van der Waals surface area contributed by atoms with Crippen LogP contribution < -0.4 is 9.80 Å². The quantitative estimate of drug-likeness (QED) is 0.582. The van der Waals surface area contributed by atoms with Gasteiger partial charge in [0.1, 0.15) is 0 Å². The minimum absolute atomic E-state index is 0.176. The van der Waals surface area contributed by atoms with Crippen molar-refractivity contribution in [3.8, 4) is 0 Å². The summed E-state index contributed by atoms with van der Waals surface area (Å²) >= 11 is 6.57. The van der Waals surface area contributed by atoms with Crippen LogP contribution in [0.5, 0.6) is 0 Å². The van der Waals surface area contributed by atoms with E-state index in [4.69, 9.17) is 12.2 Å². The number of fused-ring (bicyclic) bond motifs is 1. The maximum Gasteiger partial charge on any atom is 0.271 e. The number of amides is 2. The van der Waals surface area contributed by atoms with Crippen molar-refractivity contribution in [3.05, 3.63) is 65.1 Å². The van der Waals surface area contributed by atoms with Crippen LogP contribution in [0.1, 0.15) is 5.56 Å². The molecule has 2 heterocycles. The van der Waals surface area contributed by atoms with E-state index in [0.717, 1.165) is 11.3 Å². The molecule has 118 valence electrons. The van der Waals surface area contributed by atoms with Gasteiger partial charge in [-0.05, 0) is 18.2 Å². The Kier molecular flexibility index (Phi) is 3.51. The summed E-state index contributed by atoms with van der Waals surface area (Å²) in [4.78, 5) is 29.1. The molecule has 2 aliphatic heterocycles. The molecule has 1 saturated heterocycles. The first-order chi connectivity index (χ1) is 11.6. The van der Waals surface area contributed by atoms with Gasteiger partial charge in [0, 0.05) is 12.6 Å². The summed E-state index contributed by atoms with van der Waals surface area (Å²) in [5.41, 5.74) is 2.73. The summed E-state index contributed by atoms with van der Waals surface area (Å²) in [5.74, 6) is -0.422. The first-order valence-corrected chi connectivity index (χ1v) is 8.55. The van der Waals surface area contributed by atoms with Crippen LogP contribution in [0.25, 0.3) is 5.57 Å². The Labute approximate surface area is 148 Å². The minimum Gasteiger partial charge on any atom is -0.311 e. The molecule has 1 fully saturated rings. The van der Waals surface area contributed by atoms with Crippen molar-refractivity contribution in [1.29, 1.82) is 0 Å². The topological polar surface area (TPSA) is 40.6 Å². The van der Waals surface area contributed by atoms with Gasteiger partial charge in [-0.1, -0.05) is 60.4 Å². The zero-order chi connectivity index (χ0) is 16.8. The molecule has 2 aliphatic rings. The molecule has 0 aromatic heterocycles. The SMILES string of the molecule is CN1C(=O)/C(=C2\SC(=S)N(c3ccccc3)C2=O)c2ccccc21. The Balaban J connectivity index is 1.86. The number of benzene rings is 2. The van der Waals surface area contributed by atoms with Gasteiger partial charge in [-0.3, -0.25) is 14.5 Å². The van der Waals surface area contributed by atoms with Crippen molar-refractivity contribution < 1.29 is 9.59 Å². The largest absolute Gasteiger partial charge is 0.311 e. The lowest BCUT2D eigenvalue weighted by Crippen LogP contribution is -2.28. The summed E-state index contributed by atoms with van der Waals surface area (Å²) < 4.78 is 0.438. The van der Waals surface area contributed by atoms with Gasteiger partial charge in [0.25, 0.3) is 11.8 Å². The van der Waals surface area contributed by atoms with E-state index >= 15 is 0 Å². The molecule has 2 amide bonds. The predicted molar refractivity (Wildman–Crippen MR) is 101 cm³/mol. The fourth-order valence-electron chi connectivity index (χ4n) is 2.91. The van der Waals surface area contributed by atoms with Crippen LogP contribution in [0.4, 0.5) is 11.4 Å². The normalized spacial score (nSPS) is 20.1. The zero-order valence-corrected chi connectivity index (χ0v) is 14.4. The molecule has 0 bridgehead atoms. The summed E-state index contributed by atoms with van der Waals surface area (Å²) in [5, 5.41) is 0. The molecule has 0 atom stereocenters. The van der Waals surface area contributed by atoms with Crippen molar-refractivity contribution >= 4 is 57.1 Å². The van der Waals surface area contributed by atoms with Crippen LogP contribution in [0, 0.1) is 0 Å². The van der Waals surface area contributed by atoms with Gasteiger partial charge in [-0.15, -0.1) is 0 Å². The van der Waals surface area contributed by atoms with Crippen LogP contribution in [0.2, 0.25) is 0 Å².